The zero-order valence-electron chi connectivity index (χ0n) is 11.5. The normalized spacial score (nSPS) is 13.2. The molecule has 8 heteroatoms. The van der Waals surface area contributed by atoms with Crippen LogP contribution < -0.4 is 15.8 Å². The molecular formula is C12H18FN3O3S. The van der Waals surface area contributed by atoms with Gasteiger partial charge in [-0.15, -0.1) is 0 Å². The van der Waals surface area contributed by atoms with Gasteiger partial charge in [0, 0.05) is 6.04 Å². The van der Waals surface area contributed by atoms with Gasteiger partial charge in [-0.1, -0.05) is 0 Å². The molecule has 0 aliphatic rings. The van der Waals surface area contributed by atoms with Crippen molar-refractivity contribution in [3.05, 3.63) is 24.0 Å². The third-order valence-corrected chi connectivity index (χ3v) is 4.03. The molecule has 0 saturated heterocycles. The van der Waals surface area contributed by atoms with Crippen LogP contribution in [0.3, 0.4) is 0 Å². The minimum Gasteiger partial charge on any atom is -0.398 e. The molecule has 0 spiro atoms. The summed E-state index contributed by atoms with van der Waals surface area (Å²) in [5, 5.41) is 2.58. The Labute approximate surface area is 117 Å². The number of anilines is 1. The average molecular weight is 303 g/mol. The highest BCUT2D eigenvalue weighted by Gasteiger charge is 2.24. The molecule has 1 amide bonds. The van der Waals surface area contributed by atoms with E-state index in [1.807, 2.05) is 0 Å². The smallest absolute Gasteiger partial charge is 0.243 e. The lowest BCUT2D eigenvalue weighted by atomic mass is 10.3. The molecule has 0 bridgehead atoms. The Morgan fingerprint density at radius 2 is 1.90 bits per heavy atom. The molecule has 1 aromatic carbocycles. The van der Waals surface area contributed by atoms with Gasteiger partial charge in [-0.3, -0.25) is 4.79 Å². The van der Waals surface area contributed by atoms with E-state index in [-0.39, 0.29) is 16.6 Å². The number of amides is 1. The van der Waals surface area contributed by atoms with E-state index in [1.54, 1.807) is 13.8 Å². The molecule has 1 rings (SSSR count). The summed E-state index contributed by atoms with van der Waals surface area (Å²) in [6.45, 7) is 4.93. The molecule has 1 aromatic rings. The maximum Gasteiger partial charge on any atom is 0.243 e. The molecule has 0 fully saturated rings. The van der Waals surface area contributed by atoms with Crippen LogP contribution >= 0.6 is 0 Å². The van der Waals surface area contributed by atoms with Crippen molar-refractivity contribution in [3.8, 4) is 0 Å². The predicted molar refractivity (Wildman–Crippen MR) is 73.9 cm³/mol. The topological polar surface area (TPSA) is 101 Å². The summed E-state index contributed by atoms with van der Waals surface area (Å²) in [6, 6.07) is 1.88. The Balaban J connectivity index is 2.92. The second kappa shape index (κ2) is 6.19. The molecule has 0 aliphatic heterocycles. The lowest BCUT2D eigenvalue weighted by molar-refractivity contribution is -0.122. The van der Waals surface area contributed by atoms with Crippen molar-refractivity contribution in [1.82, 2.24) is 10.0 Å². The van der Waals surface area contributed by atoms with E-state index in [1.165, 1.54) is 6.92 Å². The van der Waals surface area contributed by atoms with Crippen LogP contribution in [0.1, 0.15) is 20.8 Å². The number of nitrogen functional groups attached to an aromatic ring is 1. The number of carbonyl (C=O) groups excluding carboxylic acids is 1. The lowest BCUT2D eigenvalue weighted by Gasteiger charge is -2.16. The Morgan fingerprint density at radius 3 is 2.40 bits per heavy atom. The first-order chi connectivity index (χ1) is 9.13. The van der Waals surface area contributed by atoms with Gasteiger partial charge in [0.15, 0.2) is 0 Å². The molecule has 112 valence electrons. The van der Waals surface area contributed by atoms with E-state index in [4.69, 9.17) is 5.73 Å². The predicted octanol–water partition coefficient (Wildman–Crippen LogP) is 0.599. The van der Waals surface area contributed by atoms with Gasteiger partial charge < -0.3 is 11.1 Å². The summed E-state index contributed by atoms with van der Waals surface area (Å²) >= 11 is 0. The van der Waals surface area contributed by atoms with Crippen molar-refractivity contribution in [2.24, 2.45) is 0 Å². The molecule has 0 saturated carbocycles. The van der Waals surface area contributed by atoms with Crippen molar-refractivity contribution in [2.45, 2.75) is 37.8 Å². The molecule has 0 radical (unpaired) electrons. The second-order valence-electron chi connectivity index (χ2n) is 4.69. The monoisotopic (exact) mass is 303 g/mol. The van der Waals surface area contributed by atoms with Gasteiger partial charge in [0.05, 0.1) is 11.7 Å². The molecule has 0 heterocycles. The first-order valence-corrected chi connectivity index (χ1v) is 7.49. The Kier molecular flexibility index (Phi) is 5.07. The number of rotatable bonds is 5. The third kappa shape index (κ3) is 4.17. The lowest BCUT2D eigenvalue weighted by Crippen LogP contribution is -2.46. The van der Waals surface area contributed by atoms with Crippen LogP contribution in [0.2, 0.25) is 0 Å². The van der Waals surface area contributed by atoms with Crippen LogP contribution in [0.25, 0.3) is 0 Å². The standard InChI is InChI=1S/C12H18FN3O3S/c1-7(2)15-12(17)8(3)16-20(18,19)11-5-4-9(13)6-10(11)14/h4-8,16H,14H2,1-3H3,(H,15,17). The zero-order valence-corrected chi connectivity index (χ0v) is 12.3. The Morgan fingerprint density at radius 1 is 1.30 bits per heavy atom. The van der Waals surface area contributed by atoms with Gasteiger partial charge in [0.25, 0.3) is 0 Å². The first kappa shape index (κ1) is 16.4. The summed E-state index contributed by atoms with van der Waals surface area (Å²) in [5.41, 5.74) is 5.27. The largest absolute Gasteiger partial charge is 0.398 e. The molecule has 20 heavy (non-hydrogen) atoms. The molecule has 1 atom stereocenters. The molecule has 1 unspecified atom stereocenters. The maximum atomic E-state index is 12.9. The summed E-state index contributed by atoms with van der Waals surface area (Å²) < 4.78 is 39.2. The Hall–Kier alpha value is -1.67. The van der Waals surface area contributed by atoms with Gasteiger partial charge in [-0.2, -0.15) is 4.72 Å². The summed E-state index contributed by atoms with van der Waals surface area (Å²) in [4.78, 5) is 11.4. The van der Waals surface area contributed by atoms with Crippen LogP contribution in [-0.4, -0.2) is 26.4 Å². The fourth-order valence-corrected chi connectivity index (χ4v) is 2.84. The minimum atomic E-state index is -3.99. The van der Waals surface area contributed by atoms with E-state index in [0.717, 1.165) is 18.2 Å². The highest BCUT2D eigenvalue weighted by Crippen LogP contribution is 2.19. The number of hydrogen-bond acceptors (Lipinski definition) is 4. The van der Waals surface area contributed by atoms with Crippen molar-refractivity contribution in [1.29, 1.82) is 0 Å². The maximum absolute atomic E-state index is 12.9. The number of carbonyl (C=O) groups is 1. The van der Waals surface area contributed by atoms with Crippen LogP contribution in [0.15, 0.2) is 23.1 Å². The number of nitrogens with one attached hydrogen (secondary N) is 2. The zero-order chi connectivity index (χ0) is 15.5. The summed E-state index contributed by atoms with van der Waals surface area (Å²) in [5.74, 6) is -1.09. The molecule has 0 aromatic heterocycles. The van der Waals surface area contributed by atoms with Crippen molar-refractivity contribution >= 4 is 21.6 Å². The summed E-state index contributed by atoms with van der Waals surface area (Å²) in [6.07, 6.45) is 0. The average Bonchev–Trinajstić information content (AvgIpc) is 2.26. The Bertz CT molecular complexity index is 602. The third-order valence-electron chi connectivity index (χ3n) is 2.42. The number of hydrogen-bond donors (Lipinski definition) is 3. The van der Waals surface area contributed by atoms with Crippen molar-refractivity contribution in [2.75, 3.05) is 5.73 Å². The quantitative estimate of drug-likeness (QED) is 0.693. The van der Waals surface area contributed by atoms with E-state index < -0.39 is 27.8 Å². The number of sulfonamides is 1. The minimum absolute atomic E-state index is 0.106. The second-order valence-corrected chi connectivity index (χ2v) is 6.37. The highest BCUT2D eigenvalue weighted by molar-refractivity contribution is 7.89. The van der Waals surface area contributed by atoms with Crippen LogP contribution in [-0.2, 0) is 14.8 Å². The van der Waals surface area contributed by atoms with Gasteiger partial charge in [0.2, 0.25) is 15.9 Å². The molecule has 6 nitrogen and oxygen atoms in total. The van der Waals surface area contributed by atoms with E-state index in [9.17, 15) is 17.6 Å². The highest BCUT2D eigenvalue weighted by atomic mass is 32.2. The fourth-order valence-electron chi connectivity index (χ4n) is 1.52. The number of halogens is 1. The van der Waals surface area contributed by atoms with E-state index >= 15 is 0 Å². The van der Waals surface area contributed by atoms with Crippen LogP contribution in [0.4, 0.5) is 10.1 Å². The van der Waals surface area contributed by atoms with Crippen molar-refractivity contribution < 1.29 is 17.6 Å². The van der Waals surface area contributed by atoms with Crippen LogP contribution in [0, 0.1) is 5.82 Å². The van der Waals surface area contributed by atoms with E-state index in [0.29, 0.717) is 0 Å². The van der Waals surface area contributed by atoms with Crippen LogP contribution in [0.5, 0.6) is 0 Å². The SMILES string of the molecule is CC(C)NC(=O)C(C)NS(=O)(=O)c1ccc(F)cc1N. The number of benzene rings is 1. The first-order valence-electron chi connectivity index (χ1n) is 6.01. The fraction of sp³-hybridized carbons (Fsp3) is 0.417. The summed E-state index contributed by atoms with van der Waals surface area (Å²) in [7, 11) is -3.99. The molecular weight excluding hydrogens is 285 g/mol. The van der Waals surface area contributed by atoms with Gasteiger partial charge >= 0.3 is 0 Å². The van der Waals surface area contributed by atoms with Crippen molar-refractivity contribution in [3.63, 3.8) is 0 Å². The molecule has 4 N–H and O–H groups in total. The van der Waals surface area contributed by atoms with Gasteiger partial charge in [-0.05, 0) is 39.0 Å². The van der Waals surface area contributed by atoms with Gasteiger partial charge in [0.1, 0.15) is 10.7 Å². The number of nitrogens with two attached hydrogens (primary N) is 1. The van der Waals surface area contributed by atoms with Gasteiger partial charge in [-0.25, -0.2) is 12.8 Å². The van der Waals surface area contributed by atoms with E-state index in [2.05, 4.69) is 10.0 Å². The molecule has 0 aliphatic carbocycles.